The molecule has 0 saturated carbocycles. The minimum absolute atomic E-state index is 0.277. The number of carbonyl (C=O) groups excluding carboxylic acids is 4. The summed E-state index contributed by atoms with van der Waals surface area (Å²) in [5.74, 6) is -1.50. The molecular formula is C23H24N2O7. The van der Waals surface area contributed by atoms with Crippen molar-refractivity contribution in [3.63, 3.8) is 0 Å². The number of ether oxygens (including phenoxy) is 2. The summed E-state index contributed by atoms with van der Waals surface area (Å²) in [6, 6.07) is 8.98. The van der Waals surface area contributed by atoms with Gasteiger partial charge in [0.25, 0.3) is 17.7 Å². The predicted octanol–water partition coefficient (Wildman–Crippen LogP) is 2.72. The van der Waals surface area contributed by atoms with Crippen molar-refractivity contribution < 1.29 is 33.5 Å². The predicted molar refractivity (Wildman–Crippen MR) is 113 cm³/mol. The van der Waals surface area contributed by atoms with E-state index in [2.05, 4.69) is 4.84 Å². The average Bonchev–Trinajstić information content (AvgIpc) is 3.02. The van der Waals surface area contributed by atoms with Crippen LogP contribution < -0.4 is 15.0 Å². The second kappa shape index (κ2) is 9.51. The molecule has 0 spiro atoms. The first-order valence-corrected chi connectivity index (χ1v) is 10.0. The summed E-state index contributed by atoms with van der Waals surface area (Å²) in [6.07, 6.45) is -0.324. The SMILES string of the molecule is CCOc1cc([C@H](CC(=O)NOC(C)=O)N2C(=O)c3cccc(C)c3C2=O)ccc1OC. The number of fused-ring (bicyclic) bond motifs is 1. The lowest BCUT2D eigenvalue weighted by molar-refractivity contribution is -0.156. The quantitative estimate of drug-likeness (QED) is 0.520. The van der Waals surface area contributed by atoms with Gasteiger partial charge in [-0.25, -0.2) is 0 Å². The fraction of sp³-hybridized carbons (Fsp3) is 0.304. The van der Waals surface area contributed by atoms with Crippen LogP contribution in [-0.4, -0.2) is 42.3 Å². The van der Waals surface area contributed by atoms with Crippen molar-refractivity contribution in [1.29, 1.82) is 0 Å². The van der Waals surface area contributed by atoms with Gasteiger partial charge in [0.2, 0.25) is 0 Å². The third kappa shape index (κ3) is 4.41. The van der Waals surface area contributed by atoms with E-state index < -0.39 is 29.7 Å². The third-order valence-electron chi connectivity index (χ3n) is 5.03. The summed E-state index contributed by atoms with van der Waals surface area (Å²) in [5.41, 5.74) is 3.77. The Balaban J connectivity index is 2.04. The molecule has 9 nitrogen and oxygen atoms in total. The smallest absolute Gasteiger partial charge is 0.329 e. The van der Waals surface area contributed by atoms with E-state index >= 15 is 0 Å². The fourth-order valence-corrected chi connectivity index (χ4v) is 3.63. The van der Waals surface area contributed by atoms with Gasteiger partial charge in [-0.3, -0.25) is 24.1 Å². The number of hydroxylamine groups is 1. The summed E-state index contributed by atoms with van der Waals surface area (Å²) in [6.45, 7) is 5.06. The number of benzene rings is 2. The fourth-order valence-electron chi connectivity index (χ4n) is 3.63. The molecule has 0 fully saturated rings. The van der Waals surface area contributed by atoms with E-state index in [4.69, 9.17) is 9.47 Å². The molecule has 1 atom stereocenters. The minimum Gasteiger partial charge on any atom is -0.493 e. The van der Waals surface area contributed by atoms with Gasteiger partial charge in [-0.15, -0.1) is 0 Å². The number of nitrogens with zero attached hydrogens (tertiary/aromatic N) is 1. The van der Waals surface area contributed by atoms with E-state index in [9.17, 15) is 19.2 Å². The number of hydrogen-bond acceptors (Lipinski definition) is 7. The van der Waals surface area contributed by atoms with Gasteiger partial charge in [0.05, 0.1) is 37.3 Å². The first-order valence-electron chi connectivity index (χ1n) is 10.0. The zero-order valence-corrected chi connectivity index (χ0v) is 18.3. The second-order valence-electron chi connectivity index (χ2n) is 7.16. The topological polar surface area (TPSA) is 111 Å². The van der Waals surface area contributed by atoms with Gasteiger partial charge >= 0.3 is 5.97 Å². The van der Waals surface area contributed by atoms with Crippen molar-refractivity contribution in [2.24, 2.45) is 0 Å². The molecule has 2 aromatic rings. The zero-order valence-electron chi connectivity index (χ0n) is 18.3. The molecule has 1 heterocycles. The Morgan fingerprint density at radius 2 is 1.84 bits per heavy atom. The van der Waals surface area contributed by atoms with Crippen LogP contribution in [0.5, 0.6) is 11.5 Å². The molecule has 0 aromatic heterocycles. The maximum absolute atomic E-state index is 13.3. The van der Waals surface area contributed by atoms with Crippen LogP contribution in [0.3, 0.4) is 0 Å². The number of rotatable bonds is 7. The van der Waals surface area contributed by atoms with Crippen molar-refractivity contribution in [2.75, 3.05) is 13.7 Å². The number of hydrogen-bond donors (Lipinski definition) is 1. The highest BCUT2D eigenvalue weighted by atomic mass is 16.7. The molecule has 32 heavy (non-hydrogen) atoms. The highest BCUT2D eigenvalue weighted by Crippen LogP contribution is 2.38. The summed E-state index contributed by atoms with van der Waals surface area (Å²) in [7, 11) is 1.49. The first-order chi connectivity index (χ1) is 15.3. The summed E-state index contributed by atoms with van der Waals surface area (Å²) < 4.78 is 10.9. The lowest BCUT2D eigenvalue weighted by Crippen LogP contribution is -2.38. The largest absolute Gasteiger partial charge is 0.493 e. The third-order valence-corrected chi connectivity index (χ3v) is 5.03. The Morgan fingerprint density at radius 3 is 2.47 bits per heavy atom. The van der Waals surface area contributed by atoms with Gasteiger partial charge in [-0.05, 0) is 43.2 Å². The van der Waals surface area contributed by atoms with Gasteiger partial charge in [-0.1, -0.05) is 18.2 Å². The van der Waals surface area contributed by atoms with Crippen molar-refractivity contribution in [3.05, 3.63) is 58.7 Å². The monoisotopic (exact) mass is 440 g/mol. The van der Waals surface area contributed by atoms with Crippen LogP contribution in [0.2, 0.25) is 0 Å². The van der Waals surface area contributed by atoms with Crippen LogP contribution in [0.25, 0.3) is 0 Å². The highest BCUT2D eigenvalue weighted by molar-refractivity contribution is 6.22. The highest BCUT2D eigenvalue weighted by Gasteiger charge is 2.42. The molecule has 0 saturated heterocycles. The van der Waals surface area contributed by atoms with E-state index in [0.717, 1.165) is 11.8 Å². The molecule has 9 heteroatoms. The average molecular weight is 440 g/mol. The van der Waals surface area contributed by atoms with Crippen molar-refractivity contribution in [2.45, 2.75) is 33.2 Å². The van der Waals surface area contributed by atoms with Crippen LogP contribution in [0, 0.1) is 6.92 Å². The number of aryl methyl sites for hydroxylation is 1. The van der Waals surface area contributed by atoms with Crippen LogP contribution in [0.4, 0.5) is 0 Å². The lowest BCUT2D eigenvalue weighted by Gasteiger charge is -2.27. The Morgan fingerprint density at radius 1 is 1.09 bits per heavy atom. The summed E-state index contributed by atoms with van der Waals surface area (Å²) >= 11 is 0. The van der Waals surface area contributed by atoms with Crippen LogP contribution in [-0.2, 0) is 14.4 Å². The standard InChI is InChI=1S/C23H24N2O7/c1-5-31-19-11-15(9-10-18(19)30-4)17(12-20(27)24-32-14(3)26)25-22(28)16-8-6-7-13(2)21(16)23(25)29/h6-11,17H,5,12H2,1-4H3,(H,24,27)/t17-/m0/s1. The lowest BCUT2D eigenvalue weighted by atomic mass is 10.0. The molecule has 3 rings (SSSR count). The normalized spacial score (nSPS) is 13.4. The van der Waals surface area contributed by atoms with E-state index in [-0.39, 0.29) is 12.0 Å². The van der Waals surface area contributed by atoms with Crippen LogP contribution >= 0.6 is 0 Å². The number of carbonyl (C=O) groups is 4. The molecule has 1 aliphatic heterocycles. The van der Waals surface area contributed by atoms with Gasteiger partial charge in [0.15, 0.2) is 11.5 Å². The molecule has 0 radical (unpaired) electrons. The number of nitrogens with one attached hydrogen (secondary N) is 1. The van der Waals surface area contributed by atoms with E-state index in [1.54, 1.807) is 43.3 Å². The second-order valence-corrected chi connectivity index (χ2v) is 7.16. The zero-order chi connectivity index (χ0) is 23.4. The Kier molecular flexibility index (Phi) is 6.77. The molecule has 3 amide bonds. The number of amides is 3. The van der Waals surface area contributed by atoms with Gasteiger partial charge in [-0.2, -0.15) is 5.48 Å². The van der Waals surface area contributed by atoms with Crippen LogP contribution in [0.1, 0.15) is 58.2 Å². The van der Waals surface area contributed by atoms with E-state index in [1.807, 2.05) is 12.4 Å². The molecular weight excluding hydrogens is 416 g/mol. The summed E-state index contributed by atoms with van der Waals surface area (Å²) in [4.78, 5) is 55.6. The van der Waals surface area contributed by atoms with Gasteiger partial charge in [0.1, 0.15) is 0 Å². The van der Waals surface area contributed by atoms with Crippen molar-refractivity contribution >= 4 is 23.7 Å². The van der Waals surface area contributed by atoms with E-state index in [0.29, 0.717) is 34.8 Å². The van der Waals surface area contributed by atoms with Crippen LogP contribution in [0.15, 0.2) is 36.4 Å². The summed E-state index contributed by atoms with van der Waals surface area (Å²) in [5, 5.41) is 0. The molecule has 168 valence electrons. The first kappa shape index (κ1) is 22.8. The molecule has 0 unspecified atom stereocenters. The van der Waals surface area contributed by atoms with Crippen molar-refractivity contribution in [3.8, 4) is 11.5 Å². The molecule has 0 bridgehead atoms. The molecule has 1 N–H and O–H groups in total. The maximum Gasteiger partial charge on any atom is 0.329 e. The Labute approximate surface area is 185 Å². The molecule has 1 aliphatic rings. The van der Waals surface area contributed by atoms with Gasteiger partial charge < -0.3 is 14.3 Å². The van der Waals surface area contributed by atoms with Crippen molar-refractivity contribution in [1.82, 2.24) is 10.4 Å². The molecule has 2 aromatic carbocycles. The Bertz CT molecular complexity index is 1080. The molecule has 0 aliphatic carbocycles. The number of imide groups is 1. The Hall–Kier alpha value is -3.88. The maximum atomic E-state index is 13.3. The van der Waals surface area contributed by atoms with Gasteiger partial charge in [0, 0.05) is 6.92 Å². The number of methoxy groups -OCH3 is 1. The van der Waals surface area contributed by atoms with E-state index in [1.165, 1.54) is 7.11 Å². The minimum atomic E-state index is -0.970.